The van der Waals surface area contributed by atoms with Gasteiger partial charge in [0.2, 0.25) is 10.0 Å². The first-order chi connectivity index (χ1) is 8.06. The number of halogens is 1. The maximum Gasteiger partial charge on any atom is 0.242 e. The van der Waals surface area contributed by atoms with Crippen LogP contribution < -0.4 is 4.72 Å². The number of hydrogen-bond donors (Lipinski definition) is 1. The van der Waals surface area contributed by atoms with Crippen LogP contribution in [0.2, 0.25) is 0 Å². The fourth-order valence-electron chi connectivity index (χ4n) is 1.18. The van der Waals surface area contributed by atoms with Crippen LogP contribution in [0, 0.1) is 12.3 Å². The van der Waals surface area contributed by atoms with E-state index >= 15 is 0 Å². The molecule has 0 saturated carbocycles. The van der Waals surface area contributed by atoms with Gasteiger partial charge in [0.1, 0.15) is 4.90 Å². The van der Waals surface area contributed by atoms with Crippen molar-refractivity contribution in [2.24, 2.45) is 0 Å². The summed E-state index contributed by atoms with van der Waals surface area (Å²) in [5.74, 6) is 2.51. The SMILES string of the molecule is C#CCCCCNS(=O)(=O)c1cncc(Br)c1. The molecule has 1 aromatic heterocycles. The van der Waals surface area contributed by atoms with Crippen molar-refractivity contribution in [2.75, 3.05) is 6.54 Å². The molecule has 1 heterocycles. The van der Waals surface area contributed by atoms with Crippen LogP contribution >= 0.6 is 15.9 Å². The van der Waals surface area contributed by atoms with Crippen LogP contribution in [-0.4, -0.2) is 19.9 Å². The maximum atomic E-state index is 11.8. The highest BCUT2D eigenvalue weighted by Crippen LogP contribution is 2.13. The third kappa shape index (κ3) is 4.86. The summed E-state index contributed by atoms with van der Waals surface area (Å²) in [5, 5.41) is 0. The van der Waals surface area contributed by atoms with Crippen molar-refractivity contribution < 1.29 is 8.42 Å². The minimum atomic E-state index is -3.46. The lowest BCUT2D eigenvalue weighted by atomic mass is 10.2. The zero-order valence-electron chi connectivity index (χ0n) is 9.19. The van der Waals surface area contributed by atoms with Crippen molar-refractivity contribution in [1.29, 1.82) is 0 Å². The van der Waals surface area contributed by atoms with E-state index in [1.165, 1.54) is 18.5 Å². The largest absolute Gasteiger partial charge is 0.262 e. The second-order valence-corrected chi connectivity index (χ2v) is 6.08. The van der Waals surface area contributed by atoms with Crippen LogP contribution in [0.25, 0.3) is 0 Å². The normalized spacial score (nSPS) is 11.1. The first kappa shape index (κ1) is 14.2. The predicted octanol–water partition coefficient (Wildman–Crippen LogP) is 1.93. The molecule has 0 unspecified atom stereocenters. The molecule has 0 aromatic carbocycles. The Morgan fingerprint density at radius 2 is 2.18 bits per heavy atom. The van der Waals surface area contributed by atoms with Gasteiger partial charge < -0.3 is 0 Å². The number of nitrogens with one attached hydrogen (secondary N) is 1. The zero-order chi connectivity index (χ0) is 12.7. The number of unbranched alkanes of at least 4 members (excludes halogenated alkanes) is 2. The van der Waals surface area contributed by atoms with Crippen LogP contribution in [-0.2, 0) is 10.0 Å². The fraction of sp³-hybridized carbons (Fsp3) is 0.364. The second-order valence-electron chi connectivity index (χ2n) is 3.40. The molecular weight excluding hydrogens is 304 g/mol. The van der Waals surface area contributed by atoms with Gasteiger partial charge >= 0.3 is 0 Å². The molecule has 0 radical (unpaired) electrons. The second kappa shape index (κ2) is 6.74. The van der Waals surface area contributed by atoms with Crippen LogP contribution in [0.15, 0.2) is 27.8 Å². The van der Waals surface area contributed by atoms with Gasteiger partial charge in [0.25, 0.3) is 0 Å². The topological polar surface area (TPSA) is 59.1 Å². The lowest BCUT2D eigenvalue weighted by Crippen LogP contribution is -2.24. The smallest absolute Gasteiger partial charge is 0.242 e. The monoisotopic (exact) mass is 316 g/mol. The highest BCUT2D eigenvalue weighted by Gasteiger charge is 2.13. The molecule has 0 saturated heterocycles. The molecule has 6 heteroatoms. The van der Waals surface area contributed by atoms with E-state index in [1.807, 2.05) is 0 Å². The standard InChI is InChI=1S/C11H13BrN2O2S/c1-2-3-4-5-6-14-17(15,16)11-7-10(12)8-13-9-11/h1,7-9,14H,3-6H2. The molecule has 1 N–H and O–H groups in total. The first-order valence-electron chi connectivity index (χ1n) is 5.10. The minimum Gasteiger partial charge on any atom is -0.262 e. The molecular formula is C11H13BrN2O2S. The van der Waals surface area contributed by atoms with E-state index in [1.54, 1.807) is 0 Å². The number of terminal acetylenes is 1. The van der Waals surface area contributed by atoms with Gasteiger partial charge in [-0.3, -0.25) is 4.98 Å². The van der Waals surface area contributed by atoms with Crippen molar-refractivity contribution in [2.45, 2.75) is 24.2 Å². The molecule has 0 aliphatic carbocycles. The molecule has 0 bridgehead atoms. The number of rotatable bonds is 6. The van der Waals surface area contributed by atoms with Crippen LogP contribution in [0.5, 0.6) is 0 Å². The number of aromatic nitrogens is 1. The Bertz CT molecular complexity index is 508. The Balaban J connectivity index is 2.55. The van der Waals surface area contributed by atoms with E-state index in [2.05, 4.69) is 31.6 Å². The lowest BCUT2D eigenvalue weighted by molar-refractivity contribution is 0.577. The summed E-state index contributed by atoms with van der Waals surface area (Å²) in [4.78, 5) is 3.97. The molecule has 0 spiro atoms. The van der Waals surface area contributed by atoms with E-state index in [0.717, 1.165) is 12.8 Å². The molecule has 0 amide bonds. The zero-order valence-corrected chi connectivity index (χ0v) is 11.6. The molecule has 17 heavy (non-hydrogen) atoms. The number of sulfonamides is 1. The van der Waals surface area contributed by atoms with Crippen LogP contribution in [0.3, 0.4) is 0 Å². The van der Waals surface area contributed by atoms with Crippen molar-refractivity contribution in [3.05, 3.63) is 22.9 Å². The number of pyridine rings is 1. The fourth-order valence-corrected chi connectivity index (χ4v) is 2.76. The molecule has 1 rings (SSSR count). The third-order valence-corrected chi connectivity index (χ3v) is 3.89. The van der Waals surface area contributed by atoms with Gasteiger partial charge in [-0.25, -0.2) is 13.1 Å². The van der Waals surface area contributed by atoms with Gasteiger partial charge in [-0.05, 0) is 34.8 Å². The van der Waals surface area contributed by atoms with Gasteiger partial charge in [0, 0.05) is 29.8 Å². The molecule has 1 aromatic rings. The molecule has 0 atom stereocenters. The van der Waals surface area contributed by atoms with Gasteiger partial charge in [0.05, 0.1) is 0 Å². The summed E-state index contributed by atoms with van der Waals surface area (Å²) in [6.07, 6.45) is 10.2. The Morgan fingerprint density at radius 1 is 1.41 bits per heavy atom. The summed E-state index contributed by atoms with van der Waals surface area (Å²) >= 11 is 3.18. The summed E-state index contributed by atoms with van der Waals surface area (Å²) < 4.78 is 26.7. The van der Waals surface area contributed by atoms with E-state index in [9.17, 15) is 8.42 Å². The van der Waals surface area contributed by atoms with Gasteiger partial charge in [0.15, 0.2) is 0 Å². The summed E-state index contributed by atoms with van der Waals surface area (Å²) in [6, 6.07) is 1.51. The Hall–Kier alpha value is -0.900. The summed E-state index contributed by atoms with van der Waals surface area (Å²) in [7, 11) is -3.46. The molecule has 0 aliphatic heterocycles. The van der Waals surface area contributed by atoms with Crippen molar-refractivity contribution in [1.82, 2.24) is 9.71 Å². The third-order valence-electron chi connectivity index (χ3n) is 2.03. The van der Waals surface area contributed by atoms with Gasteiger partial charge in [-0.15, -0.1) is 12.3 Å². The van der Waals surface area contributed by atoms with Crippen LogP contribution in [0.4, 0.5) is 0 Å². The first-order valence-corrected chi connectivity index (χ1v) is 7.37. The van der Waals surface area contributed by atoms with Crippen molar-refractivity contribution >= 4 is 26.0 Å². The predicted molar refractivity (Wildman–Crippen MR) is 69.8 cm³/mol. The average Bonchev–Trinajstić information content (AvgIpc) is 2.29. The van der Waals surface area contributed by atoms with Gasteiger partial charge in [-0.1, -0.05) is 0 Å². The quantitative estimate of drug-likeness (QED) is 0.644. The van der Waals surface area contributed by atoms with Crippen molar-refractivity contribution in [3.8, 4) is 12.3 Å². The van der Waals surface area contributed by atoms with E-state index in [-0.39, 0.29) is 4.90 Å². The summed E-state index contributed by atoms with van der Waals surface area (Å²) in [6.45, 7) is 0.385. The molecule has 4 nitrogen and oxygen atoms in total. The van der Waals surface area contributed by atoms with Crippen molar-refractivity contribution in [3.63, 3.8) is 0 Å². The summed E-state index contributed by atoms with van der Waals surface area (Å²) in [5.41, 5.74) is 0. The molecule has 0 fully saturated rings. The highest BCUT2D eigenvalue weighted by atomic mass is 79.9. The lowest BCUT2D eigenvalue weighted by Gasteiger charge is -2.05. The molecule has 92 valence electrons. The molecule has 0 aliphatic rings. The number of hydrogen-bond acceptors (Lipinski definition) is 3. The van der Waals surface area contributed by atoms with E-state index in [4.69, 9.17) is 6.42 Å². The Kier molecular flexibility index (Phi) is 5.62. The number of nitrogens with zero attached hydrogens (tertiary/aromatic N) is 1. The minimum absolute atomic E-state index is 0.156. The van der Waals surface area contributed by atoms with E-state index in [0.29, 0.717) is 17.4 Å². The average molecular weight is 317 g/mol. The van der Waals surface area contributed by atoms with Gasteiger partial charge in [-0.2, -0.15) is 0 Å². The maximum absolute atomic E-state index is 11.8. The Morgan fingerprint density at radius 3 is 2.82 bits per heavy atom. The highest BCUT2D eigenvalue weighted by molar-refractivity contribution is 9.10. The van der Waals surface area contributed by atoms with Crippen LogP contribution in [0.1, 0.15) is 19.3 Å². The van der Waals surface area contributed by atoms with E-state index < -0.39 is 10.0 Å². The Labute approximate surface area is 110 Å².